The number of hydrogen-bond donors (Lipinski definition) is 0. The molecule has 0 saturated heterocycles. The van der Waals surface area contributed by atoms with Crippen LogP contribution >= 0.6 is 0 Å². The molecule has 1 saturated carbocycles. The van der Waals surface area contributed by atoms with Crippen LogP contribution in [0.1, 0.15) is 18.7 Å². The minimum absolute atomic E-state index is 0.325. The van der Waals surface area contributed by atoms with Gasteiger partial charge in [0.25, 0.3) is 0 Å². The first kappa shape index (κ1) is 6.64. The van der Waals surface area contributed by atoms with Crippen molar-refractivity contribution in [3.05, 3.63) is 16.4 Å². The standard InChI is InChI=1S/C7H10N2O2/c1-5-8-11-7(10)9(5)4-6-2-3-6/h6H,2-4H2,1H3. The Labute approximate surface area is 63.8 Å². The van der Waals surface area contributed by atoms with Crippen molar-refractivity contribution in [2.24, 2.45) is 5.92 Å². The molecule has 0 unspecified atom stereocenters. The van der Waals surface area contributed by atoms with Crippen LogP contribution in [0.3, 0.4) is 0 Å². The van der Waals surface area contributed by atoms with Gasteiger partial charge in [0.15, 0.2) is 5.82 Å². The first-order valence-electron chi connectivity index (χ1n) is 3.80. The van der Waals surface area contributed by atoms with Gasteiger partial charge in [-0.05, 0) is 25.7 Å². The predicted octanol–water partition coefficient (Wildman–Crippen LogP) is 0.555. The van der Waals surface area contributed by atoms with Gasteiger partial charge in [-0.3, -0.25) is 9.09 Å². The molecule has 11 heavy (non-hydrogen) atoms. The first-order chi connectivity index (χ1) is 5.27. The minimum atomic E-state index is -0.325. The normalized spacial score (nSPS) is 17.2. The van der Waals surface area contributed by atoms with Crippen molar-refractivity contribution in [2.75, 3.05) is 0 Å². The summed E-state index contributed by atoms with van der Waals surface area (Å²) >= 11 is 0. The fraction of sp³-hybridized carbons (Fsp3) is 0.714. The van der Waals surface area contributed by atoms with Crippen molar-refractivity contribution in [3.8, 4) is 0 Å². The molecule has 0 bridgehead atoms. The molecule has 60 valence electrons. The van der Waals surface area contributed by atoms with Gasteiger partial charge in [0.2, 0.25) is 0 Å². The number of aryl methyl sites for hydroxylation is 1. The van der Waals surface area contributed by atoms with Gasteiger partial charge in [0.1, 0.15) is 0 Å². The van der Waals surface area contributed by atoms with Crippen molar-refractivity contribution in [2.45, 2.75) is 26.3 Å². The van der Waals surface area contributed by atoms with E-state index in [-0.39, 0.29) is 5.76 Å². The highest BCUT2D eigenvalue weighted by atomic mass is 16.5. The van der Waals surface area contributed by atoms with Crippen LogP contribution in [0.25, 0.3) is 0 Å². The summed E-state index contributed by atoms with van der Waals surface area (Å²) in [6, 6.07) is 0. The molecule has 4 heteroatoms. The monoisotopic (exact) mass is 154 g/mol. The average Bonchev–Trinajstić information content (AvgIpc) is 2.73. The molecule has 0 aliphatic heterocycles. The van der Waals surface area contributed by atoms with E-state index < -0.39 is 0 Å². The molecule has 2 rings (SSSR count). The number of aromatic nitrogens is 2. The highest BCUT2D eigenvalue weighted by molar-refractivity contribution is 4.82. The number of nitrogens with zero attached hydrogens (tertiary/aromatic N) is 2. The van der Waals surface area contributed by atoms with E-state index in [1.165, 1.54) is 12.8 Å². The van der Waals surface area contributed by atoms with Gasteiger partial charge in [-0.15, -0.1) is 0 Å². The lowest BCUT2D eigenvalue weighted by atomic mass is 10.4. The van der Waals surface area contributed by atoms with Crippen molar-refractivity contribution in [3.63, 3.8) is 0 Å². The summed E-state index contributed by atoms with van der Waals surface area (Å²) in [4.78, 5) is 10.9. The molecule has 4 nitrogen and oxygen atoms in total. The fourth-order valence-electron chi connectivity index (χ4n) is 1.10. The number of hydrogen-bond acceptors (Lipinski definition) is 3. The molecule has 0 amide bonds. The predicted molar refractivity (Wildman–Crippen MR) is 38.2 cm³/mol. The molecular formula is C7H10N2O2. The van der Waals surface area contributed by atoms with Crippen LogP contribution in [0.5, 0.6) is 0 Å². The quantitative estimate of drug-likeness (QED) is 0.625. The molecule has 1 fully saturated rings. The van der Waals surface area contributed by atoms with Gasteiger partial charge in [-0.1, -0.05) is 5.16 Å². The molecule has 0 atom stereocenters. The lowest BCUT2D eigenvalue weighted by Gasteiger charge is -1.96. The van der Waals surface area contributed by atoms with E-state index in [0.717, 1.165) is 6.54 Å². The summed E-state index contributed by atoms with van der Waals surface area (Å²) in [7, 11) is 0. The second kappa shape index (κ2) is 2.22. The Balaban J connectivity index is 2.26. The van der Waals surface area contributed by atoms with Crippen molar-refractivity contribution < 1.29 is 4.52 Å². The van der Waals surface area contributed by atoms with Crippen molar-refractivity contribution >= 4 is 0 Å². The summed E-state index contributed by atoms with van der Waals surface area (Å²) in [6.45, 7) is 2.57. The zero-order valence-corrected chi connectivity index (χ0v) is 6.41. The summed E-state index contributed by atoms with van der Waals surface area (Å²) < 4.78 is 6.08. The third-order valence-electron chi connectivity index (χ3n) is 2.00. The van der Waals surface area contributed by atoms with Gasteiger partial charge in [-0.2, -0.15) is 0 Å². The Morgan fingerprint density at radius 3 is 2.91 bits per heavy atom. The Kier molecular flexibility index (Phi) is 1.34. The molecule has 0 radical (unpaired) electrons. The van der Waals surface area contributed by atoms with Gasteiger partial charge in [0, 0.05) is 6.54 Å². The lowest BCUT2D eigenvalue weighted by Crippen LogP contribution is -2.16. The summed E-state index contributed by atoms with van der Waals surface area (Å²) in [5.74, 6) is 1.04. The van der Waals surface area contributed by atoms with E-state index in [0.29, 0.717) is 11.7 Å². The third kappa shape index (κ3) is 1.20. The van der Waals surface area contributed by atoms with Crippen LogP contribution in [-0.2, 0) is 6.54 Å². The largest absolute Gasteiger partial charge is 0.441 e. The Bertz CT molecular complexity index is 308. The molecule has 1 aliphatic carbocycles. The van der Waals surface area contributed by atoms with Gasteiger partial charge < -0.3 is 0 Å². The van der Waals surface area contributed by atoms with E-state index in [9.17, 15) is 4.79 Å². The highest BCUT2D eigenvalue weighted by Gasteiger charge is 2.23. The van der Waals surface area contributed by atoms with Crippen LogP contribution in [0.15, 0.2) is 9.32 Å². The van der Waals surface area contributed by atoms with Crippen LogP contribution < -0.4 is 5.76 Å². The zero-order chi connectivity index (χ0) is 7.84. The smallest absolute Gasteiger partial charge is 0.296 e. The summed E-state index contributed by atoms with van der Waals surface area (Å²) in [6.07, 6.45) is 2.47. The molecule has 1 aromatic heterocycles. The maximum absolute atomic E-state index is 10.9. The third-order valence-corrected chi connectivity index (χ3v) is 2.00. The van der Waals surface area contributed by atoms with E-state index >= 15 is 0 Å². The summed E-state index contributed by atoms with van der Waals surface area (Å²) in [5.41, 5.74) is 0. The van der Waals surface area contributed by atoms with Crippen molar-refractivity contribution in [1.82, 2.24) is 9.72 Å². The topological polar surface area (TPSA) is 48.0 Å². The molecule has 1 heterocycles. The molecule has 0 N–H and O–H groups in total. The zero-order valence-electron chi connectivity index (χ0n) is 6.41. The molecule has 1 aromatic rings. The first-order valence-corrected chi connectivity index (χ1v) is 3.80. The van der Waals surface area contributed by atoms with Crippen LogP contribution in [0, 0.1) is 12.8 Å². The van der Waals surface area contributed by atoms with Crippen LogP contribution in [-0.4, -0.2) is 9.72 Å². The second-order valence-electron chi connectivity index (χ2n) is 3.05. The maximum Gasteiger partial charge on any atom is 0.441 e. The second-order valence-corrected chi connectivity index (χ2v) is 3.05. The molecule has 0 aromatic carbocycles. The lowest BCUT2D eigenvalue weighted by molar-refractivity contribution is 0.372. The Hall–Kier alpha value is -1.06. The maximum atomic E-state index is 10.9. The molecule has 0 spiro atoms. The van der Waals surface area contributed by atoms with E-state index in [2.05, 4.69) is 9.68 Å². The van der Waals surface area contributed by atoms with Gasteiger partial charge in [0.05, 0.1) is 0 Å². The highest BCUT2D eigenvalue weighted by Crippen LogP contribution is 2.30. The van der Waals surface area contributed by atoms with Crippen LogP contribution in [0.2, 0.25) is 0 Å². The summed E-state index contributed by atoms with van der Waals surface area (Å²) in [5, 5.41) is 3.57. The minimum Gasteiger partial charge on any atom is -0.296 e. The van der Waals surface area contributed by atoms with E-state index in [4.69, 9.17) is 0 Å². The van der Waals surface area contributed by atoms with E-state index in [1.807, 2.05) is 0 Å². The fourth-order valence-corrected chi connectivity index (χ4v) is 1.10. The van der Waals surface area contributed by atoms with E-state index in [1.54, 1.807) is 11.5 Å². The van der Waals surface area contributed by atoms with Crippen molar-refractivity contribution in [1.29, 1.82) is 0 Å². The van der Waals surface area contributed by atoms with Gasteiger partial charge in [-0.25, -0.2) is 4.79 Å². The Morgan fingerprint density at radius 1 is 1.73 bits per heavy atom. The van der Waals surface area contributed by atoms with Crippen LogP contribution in [0.4, 0.5) is 0 Å². The average molecular weight is 154 g/mol. The number of rotatable bonds is 2. The Morgan fingerprint density at radius 2 is 2.45 bits per heavy atom. The SMILES string of the molecule is Cc1noc(=O)n1CC1CC1. The van der Waals surface area contributed by atoms with Gasteiger partial charge >= 0.3 is 5.76 Å². The molecular weight excluding hydrogens is 144 g/mol. The molecule has 1 aliphatic rings.